The molecule has 2 saturated heterocycles. The highest BCUT2D eigenvalue weighted by atomic mass is 16.6. The molecular formula is C17H24N6O4. The van der Waals surface area contributed by atoms with E-state index < -0.39 is 0 Å². The number of carbonyl (C=O) groups is 3. The smallest absolute Gasteiger partial charge is 0.409 e. The second-order valence-electron chi connectivity index (χ2n) is 6.38. The van der Waals surface area contributed by atoms with E-state index in [4.69, 9.17) is 4.74 Å². The molecule has 0 atom stereocenters. The van der Waals surface area contributed by atoms with Gasteiger partial charge in [0.2, 0.25) is 6.41 Å². The monoisotopic (exact) mass is 376 g/mol. The number of rotatable bonds is 4. The molecule has 0 spiro atoms. The first-order valence-electron chi connectivity index (χ1n) is 9.11. The molecule has 10 heteroatoms. The van der Waals surface area contributed by atoms with Gasteiger partial charge in [-0.2, -0.15) is 0 Å². The van der Waals surface area contributed by atoms with Crippen LogP contribution in [-0.2, 0) is 9.53 Å². The molecular weight excluding hydrogens is 352 g/mol. The Morgan fingerprint density at radius 1 is 1.00 bits per heavy atom. The van der Waals surface area contributed by atoms with Gasteiger partial charge in [0, 0.05) is 52.4 Å². The molecule has 0 N–H and O–H groups in total. The van der Waals surface area contributed by atoms with E-state index in [1.165, 1.54) is 0 Å². The summed E-state index contributed by atoms with van der Waals surface area (Å²) in [6.45, 7) is 6.59. The van der Waals surface area contributed by atoms with Crippen molar-refractivity contribution in [3.8, 4) is 0 Å². The average Bonchev–Trinajstić information content (AvgIpc) is 2.74. The first kappa shape index (κ1) is 18.9. The van der Waals surface area contributed by atoms with Gasteiger partial charge in [0.05, 0.1) is 6.61 Å². The Morgan fingerprint density at radius 2 is 1.67 bits per heavy atom. The Labute approximate surface area is 157 Å². The Kier molecular flexibility index (Phi) is 6.05. The molecule has 1 aromatic heterocycles. The maximum atomic E-state index is 12.5. The van der Waals surface area contributed by atoms with E-state index >= 15 is 0 Å². The number of anilines is 1. The van der Waals surface area contributed by atoms with Crippen LogP contribution < -0.4 is 4.90 Å². The predicted molar refractivity (Wildman–Crippen MR) is 96.4 cm³/mol. The molecule has 3 rings (SSSR count). The molecule has 0 unspecified atom stereocenters. The Bertz CT molecular complexity index is 667. The highest BCUT2D eigenvalue weighted by Crippen LogP contribution is 2.14. The zero-order valence-electron chi connectivity index (χ0n) is 15.4. The van der Waals surface area contributed by atoms with Crippen molar-refractivity contribution in [1.29, 1.82) is 0 Å². The summed E-state index contributed by atoms with van der Waals surface area (Å²) in [7, 11) is 0. The molecule has 0 saturated carbocycles. The van der Waals surface area contributed by atoms with Gasteiger partial charge in [-0.05, 0) is 19.1 Å². The third-order valence-corrected chi connectivity index (χ3v) is 4.75. The molecule has 3 heterocycles. The number of ether oxygens (including phenoxy) is 1. The minimum absolute atomic E-state index is 0.174. The van der Waals surface area contributed by atoms with Crippen molar-refractivity contribution >= 4 is 24.2 Å². The lowest BCUT2D eigenvalue weighted by molar-refractivity contribution is -0.119. The predicted octanol–water partition coefficient (Wildman–Crippen LogP) is -0.331. The fourth-order valence-corrected chi connectivity index (χ4v) is 3.13. The molecule has 27 heavy (non-hydrogen) atoms. The van der Waals surface area contributed by atoms with Crippen LogP contribution in [0.5, 0.6) is 0 Å². The van der Waals surface area contributed by atoms with E-state index in [0.29, 0.717) is 70.5 Å². The van der Waals surface area contributed by atoms with Crippen molar-refractivity contribution in [2.24, 2.45) is 0 Å². The summed E-state index contributed by atoms with van der Waals surface area (Å²) in [5.74, 6) is 0.507. The molecule has 0 aromatic carbocycles. The SMILES string of the molecule is CCOC(=O)N1CCN(c2ccc(C(=O)N3CCN(C=O)CC3)nn2)CC1. The summed E-state index contributed by atoms with van der Waals surface area (Å²) in [5.41, 5.74) is 0.295. The molecule has 2 aliphatic heterocycles. The Balaban J connectivity index is 1.54. The molecule has 2 fully saturated rings. The zero-order valence-corrected chi connectivity index (χ0v) is 15.4. The fourth-order valence-electron chi connectivity index (χ4n) is 3.13. The number of nitrogens with zero attached hydrogens (tertiary/aromatic N) is 6. The second kappa shape index (κ2) is 8.65. The number of aromatic nitrogens is 2. The van der Waals surface area contributed by atoms with Gasteiger partial charge >= 0.3 is 6.09 Å². The Hall–Kier alpha value is -2.91. The van der Waals surface area contributed by atoms with Gasteiger partial charge in [-0.15, -0.1) is 10.2 Å². The number of piperazine rings is 2. The van der Waals surface area contributed by atoms with Gasteiger partial charge in [0.15, 0.2) is 11.5 Å². The molecule has 3 amide bonds. The van der Waals surface area contributed by atoms with Crippen LogP contribution in [0.3, 0.4) is 0 Å². The van der Waals surface area contributed by atoms with Crippen LogP contribution in [0.2, 0.25) is 0 Å². The number of amides is 3. The molecule has 10 nitrogen and oxygen atoms in total. The topological polar surface area (TPSA) is 99.2 Å². The third kappa shape index (κ3) is 4.44. The van der Waals surface area contributed by atoms with Crippen LogP contribution in [0, 0.1) is 0 Å². The summed E-state index contributed by atoms with van der Waals surface area (Å²) in [6, 6.07) is 3.45. The van der Waals surface area contributed by atoms with Crippen LogP contribution in [0.15, 0.2) is 12.1 Å². The molecule has 0 radical (unpaired) electrons. The minimum Gasteiger partial charge on any atom is -0.450 e. The van der Waals surface area contributed by atoms with Gasteiger partial charge in [0.1, 0.15) is 0 Å². The van der Waals surface area contributed by atoms with Gasteiger partial charge in [-0.1, -0.05) is 0 Å². The molecule has 2 aliphatic rings. The zero-order chi connectivity index (χ0) is 19.2. The van der Waals surface area contributed by atoms with Crippen LogP contribution in [0.25, 0.3) is 0 Å². The quantitative estimate of drug-likeness (QED) is 0.664. The van der Waals surface area contributed by atoms with E-state index in [9.17, 15) is 14.4 Å². The average molecular weight is 376 g/mol. The van der Waals surface area contributed by atoms with Gasteiger partial charge in [0.25, 0.3) is 5.91 Å². The van der Waals surface area contributed by atoms with Crippen LogP contribution in [0.4, 0.5) is 10.6 Å². The van der Waals surface area contributed by atoms with Crippen LogP contribution in [0.1, 0.15) is 17.4 Å². The summed E-state index contributed by atoms with van der Waals surface area (Å²) in [6.07, 6.45) is 0.511. The molecule has 146 valence electrons. The lowest BCUT2D eigenvalue weighted by Gasteiger charge is -2.34. The van der Waals surface area contributed by atoms with Gasteiger partial charge in [-0.3, -0.25) is 9.59 Å². The van der Waals surface area contributed by atoms with Crippen molar-refractivity contribution in [1.82, 2.24) is 24.9 Å². The van der Waals surface area contributed by atoms with Crippen molar-refractivity contribution in [2.75, 3.05) is 63.9 Å². The van der Waals surface area contributed by atoms with Crippen molar-refractivity contribution in [2.45, 2.75) is 6.92 Å². The fraction of sp³-hybridized carbons (Fsp3) is 0.588. The summed E-state index contributed by atoms with van der Waals surface area (Å²) < 4.78 is 5.01. The van der Waals surface area contributed by atoms with E-state index in [1.54, 1.807) is 33.8 Å². The normalized spacial score (nSPS) is 17.7. The Morgan fingerprint density at radius 3 is 2.22 bits per heavy atom. The standard InChI is InChI=1S/C17H24N6O4/c1-2-27-17(26)23-11-9-21(10-12-23)15-4-3-14(18-19-15)16(25)22-7-5-20(13-24)6-8-22/h3-4,13H,2,5-12H2,1H3. The summed E-state index contributed by atoms with van der Waals surface area (Å²) in [5, 5.41) is 8.26. The summed E-state index contributed by atoms with van der Waals surface area (Å²) >= 11 is 0. The van der Waals surface area contributed by atoms with Crippen LogP contribution in [-0.4, -0.2) is 102 Å². The number of hydrogen-bond donors (Lipinski definition) is 0. The number of carbonyl (C=O) groups excluding carboxylic acids is 3. The second-order valence-corrected chi connectivity index (χ2v) is 6.38. The van der Waals surface area contributed by atoms with E-state index in [0.717, 1.165) is 6.41 Å². The third-order valence-electron chi connectivity index (χ3n) is 4.75. The molecule has 0 bridgehead atoms. The maximum absolute atomic E-state index is 12.5. The number of hydrogen-bond acceptors (Lipinski definition) is 7. The van der Waals surface area contributed by atoms with Crippen molar-refractivity contribution < 1.29 is 19.1 Å². The molecule has 1 aromatic rings. The maximum Gasteiger partial charge on any atom is 0.409 e. The first-order chi connectivity index (χ1) is 13.1. The van der Waals surface area contributed by atoms with Crippen molar-refractivity contribution in [3.63, 3.8) is 0 Å². The van der Waals surface area contributed by atoms with Crippen molar-refractivity contribution in [3.05, 3.63) is 17.8 Å². The molecule has 0 aliphatic carbocycles. The summed E-state index contributed by atoms with van der Waals surface area (Å²) in [4.78, 5) is 42.0. The van der Waals surface area contributed by atoms with E-state index in [1.807, 2.05) is 4.90 Å². The largest absolute Gasteiger partial charge is 0.450 e. The minimum atomic E-state index is -0.293. The van der Waals surface area contributed by atoms with Crippen LogP contribution >= 0.6 is 0 Å². The van der Waals surface area contributed by atoms with Gasteiger partial charge < -0.3 is 24.3 Å². The van der Waals surface area contributed by atoms with Gasteiger partial charge in [-0.25, -0.2) is 4.79 Å². The van der Waals surface area contributed by atoms with E-state index in [-0.39, 0.29) is 12.0 Å². The highest BCUT2D eigenvalue weighted by molar-refractivity contribution is 5.92. The first-order valence-corrected chi connectivity index (χ1v) is 9.11. The lowest BCUT2D eigenvalue weighted by atomic mass is 10.2. The lowest BCUT2D eigenvalue weighted by Crippen LogP contribution is -2.49. The highest BCUT2D eigenvalue weighted by Gasteiger charge is 2.25. The van der Waals surface area contributed by atoms with E-state index in [2.05, 4.69) is 10.2 Å².